The van der Waals surface area contributed by atoms with Gasteiger partial charge in [-0.2, -0.15) is 13.2 Å². The van der Waals surface area contributed by atoms with Crippen molar-refractivity contribution in [1.82, 2.24) is 0 Å². The molecule has 20 heavy (non-hydrogen) atoms. The standard InChI is InChI=1S/C13H14F3NO3/c14-13(15,16)9-1-2-11(17)10(5-9)12(18)20-7-8-3-4-19-6-8/h1-2,5,8H,3-4,6-7,17H2. The molecule has 1 aliphatic heterocycles. The van der Waals surface area contributed by atoms with Crippen LogP contribution < -0.4 is 5.73 Å². The van der Waals surface area contributed by atoms with Crippen LogP contribution in [0.15, 0.2) is 18.2 Å². The molecule has 1 aromatic carbocycles. The first-order valence-electron chi connectivity index (χ1n) is 6.09. The van der Waals surface area contributed by atoms with E-state index in [1.165, 1.54) is 0 Å². The van der Waals surface area contributed by atoms with Crippen LogP contribution in [0.25, 0.3) is 0 Å². The lowest BCUT2D eigenvalue weighted by Crippen LogP contribution is -2.16. The summed E-state index contributed by atoms with van der Waals surface area (Å²) in [5.41, 5.74) is 4.30. The molecule has 1 aromatic rings. The number of hydrogen-bond donors (Lipinski definition) is 1. The molecule has 1 heterocycles. The van der Waals surface area contributed by atoms with Crippen molar-refractivity contribution in [3.05, 3.63) is 29.3 Å². The molecule has 4 nitrogen and oxygen atoms in total. The van der Waals surface area contributed by atoms with Gasteiger partial charge in [-0.15, -0.1) is 0 Å². The van der Waals surface area contributed by atoms with Gasteiger partial charge in [-0.05, 0) is 24.6 Å². The number of nitrogen functional groups attached to an aromatic ring is 1. The predicted octanol–water partition coefficient (Wildman–Crippen LogP) is 2.48. The van der Waals surface area contributed by atoms with E-state index >= 15 is 0 Å². The summed E-state index contributed by atoms with van der Waals surface area (Å²) >= 11 is 0. The average molecular weight is 289 g/mol. The largest absolute Gasteiger partial charge is 0.462 e. The fourth-order valence-corrected chi connectivity index (χ4v) is 1.90. The number of anilines is 1. The molecule has 0 aliphatic carbocycles. The maximum atomic E-state index is 12.6. The van der Waals surface area contributed by atoms with Crippen LogP contribution >= 0.6 is 0 Å². The second-order valence-corrected chi connectivity index (χ2v) is 4.63. The zero-order valence-electron chi connectivity index (χ0n) is 10.6. The third kappa shape index (κ3) is 3.41. The van der Waals surface area contributed by atoms with E-state index in [-0.39, 0.29) is 23.8 Å². The van der Waals surface area contributed by atoms with Gasteiger partial charge < -0.3 is 15.2 Å². The number of carbonyl (C=O) groups excluding carboxylic acids is 1. The minimum Gasteiger partial charge on any atom is -0.462 e. The van der Waals surface area contributed by atoms with Crippen LogP contribution in [-0.2, 0) is 15.7 Å². The van der Waals surface area contributed by atoms with Crippen molar-refractivity contribution in [2.45, 2.75) is 12.6 Å². The molecule has 0 amide bonds. The van der Waals surface area contributed by atoms with Crippen molar-refractivity contribution in [1.29, 1.82) is 0 Å². The summed E-state index contributed by atoms with van der Waals surface area (Å²) in [7, 11) is 0. The molecule has 2 N–H and O–H groups in total. The van der Waals surface area contributed by atoms with Gasteiger partial charge in [-0.25, -0.2) is 4.79 Å². The van der Waals surface area contributed by atoms with E-state index < -0.39 is 17.7 Å². The van der Waals surface area contributed by atoms with Crippen LogP contribution in [-0.4, -0.2) is 25.8 Å². The Morgan fingerprint density at radius 3 is 2.80 bits per heavy atom. The van der Waals surface area contributed by atoms with E-state index in [0.29, 0.717) is 19.3 Å². The first-order chi connectivity index (χ1) is 9.38. The molecule has 7 heteroatoms. The molecule has 0 aromatic heterocycles. The number of rotatable bonds is 3. The summed E-state index contributed by atoms with van der Waals surface area (Å²) in [4.78, 5) is 11.8. The summed E-state index contributed by atoms with van der Waals surface area (Å²) in [6.07, 6.45) is -3.76. The molecule has 0 radical (unpaired) electrons. The molecular weight excluding hydrogens is 275 g/mol. The third-order valence-electron chi connectivity index (χ3n) is 3.07. The third-order valence-corrected chi connectivity index (χ3v) is 3.07. The van der Waals surface area contributed by atoms with E-state index in [4.69, 9.17) is 15.2 Å². The average Bonchev–Trinajstić information content (AvgIpc) is 2.88. The van der Waals surface area contributed by atoms with Crippen LogP contribution in [0.5, 0.6) is 0 Å². The van der Waals surface area contributed by atoms with Gasteiger partial charge in [0.05, 0.1) is 24.3 Å². The van der Waals surface area contributed by atoms with Gasteiger partial charge >= 0.3 is 12.1 Å². The smallest absolute Gasteiger partial charge is 0.416 e. The van der Waals surface area contributed by atoms with Crippen molar-refractivity contribution in [2.75, 3.05) is 25.6 Å². The van der Waals surface area contributed by atoms with Crippen LogP contribution in [0.2, 0.25) is 0 Å². The summed E-state index contributed by atoms with van der Waals surface area (Å²) in [6.45, 7) is 1.22. The Kier molecular flexibility index (Phi) is 4.17. The Morgan fingerprint density at radius 2 is 2.20 bits per heavy atom. The number of hydrogen-bond acceptors (Lipinski definition) is 4. The van der Waals surface area contributed by atoms with Gasteiger partial charge in [-0.1, -0.05) is 0 Å². The zero-order chi connectivity index (χ0) is 14.8. The number of alkyl halides is 3. The van der Waals surface area contributed by atoms with E-state index in [2.05, 4.69) is 0 Å². The van der Waals surface area contributed by atoms with Gasteiger partial charge in [0, 0.05) is 18.2 Å². The molecule has 1 fully saturated rings. The second-order valence-electron chi connectivity index (χ2n) is 4.63. The molecule has 0 spiro atoms. The molecule has 0 bridgehead atoms. The van der Waals surface area contributed by atoms with Crippen LogP contribution in [0.3, 0.4) is 0 Å². The SMILES string of the molecule is Nc1ccc(C(F)(F)F)cc1C(=O)OCC1CCOC1. The fraction of sp³-hybridized carbons (Fsp3) is 0.462. The number of halogens is 3. The monoisotopic (exact) mass is 289 g/mol. The maximum absolute atomic E-state index is 12.6. The van der Waals surface area contributed by atoms with E-state index in [9.17, 15) is 18.0 Å². The summed E-state index contributed by atoms with van der Waals surface area (Å²) < 4.78 is 47.9. The van der Waals surface area contributed by atoms with E-state index in [1.807, 2.05) is 0 Å². The summed E-state index contributed by atoms with van der Waals surface area (Å²) in [5.74, 6) is -0.758. The Labute approximate surface area is 113 Å². The number of carbonyl (C=O) groups is 1. The second kappa shape index (κ2) is 5.70. The Hall–Kier alpha value is -1.76. The number of esters is 1. The van der Waals surface area contributed by atoms with Crippen LogP contribution in [0, 0.1) is 5.92 Å². The van der Waals surface area contributed by atoms with Crippen molar-refractivity contribution < 1.29 is 27.4 Å². The van der Waals surface area contributed by atoms with Crippen molar-refractivity contribution in [2.24, 2.45) is 5.92 Å². The minimum atomic E-state index is -4.53. The molecular formula is C13H14F3NO3. The van der Waals surface area contributed by atoms with Gasteiger partial charge in [0.2, 0.25) is 0 Å². The van der Waals surface area contributed by atoms with E-state index in [1.54, 1.807) is 0 Å². The Balaban J connectivity index is 2.08. The van der Waals surface area contributed by atoms with Gasteiger partial charge in [0.25, 0.3) is 0 Å². The molecule has 110 valence electrons. The molecule has 1 aliphatic rings. The topological polar surface area (TPSA) is 61.6 Å². The van der Waals surface area contributed by atoms with Crippen LogP contribution in [0.1, 0.15) is 22.3 Å². The Morgan fingerprint density at radius 1 is 1.45 bits per heavy atom. The molecule has 0 saturated carbocycles. The molecule has 1 unspecified atom stereocenters. The highest BCUT2D eigenvalue weighted by Crippen LogP contribution is 2.31. The molecule has 2 rings (SSSR count). The minimum absolute atomic E-state index is 0.0364. The highest BCUT2D eigenvalue weighted by molar-refractivity contribution is 5.95. The normalized spacial score (nSPS) is 19.1. The van der Waals surface area contributed by atoms with Crippen LogP contribution in [0.4, 0.5) is 18.9 Å². The van der Waals surface area contributed by atoms with E-state index in [0.717, 1.165) is 18.6 Å². The van der Waals surface area contributed by atoms with Crippen molar-refractivity contribution in [3.8, 4) is 0 Å². The highest BCUT2D eigenvalue weighted by Gasteiger charge is 2.32. The molecule has 1 atom stereocenters. The maximum Gasteiger partial charge on any atom is 0.416 e. The summed E-state index contributed by atoms with van der Waals surface area (Å²) in [5, 5.41) is 0. The molecule has 1 saturated heterocycles. The predicted molar refractivity (Wildman–Crippen MR) is 65.1 cm³/mol. The lowest BCUT2D eigenvalue weighted by molar-refractivity contribution is -0.137. The lowest BCUT2D eigenvalue weighted by Gasteiger charge is -2.12. The first-order valence-corrected chi connectivity index (χ1v) is 6.09. The van der Waals surface area contributed by atoms with Gasteiger partial charge in [0.1, 0.15) is 0 Å². The van der Waals surface area contributed by atoms with Gasteiger partial charge in [0.15, 0.2) is 0 Å². The number of nitrogens with two attached hydrogens (primary N) is 1. The lowest BCUT2D eigenvalue weighted by atomic mass is 10.1. The van der Waals surface area contributed by atoms with Crippen molar-refractivity contribution in [3.63, 3.8) is 0 Å². The summed E-state index contributed by atoms with van der Waals surface area (Å²) in [6, 6.07) is 2.60. The zero-order valence-corrected chi connectivity index (χ0v) is 10.6. The number of benzene rings is 1. The fourth-order valence-electron chi connectivity index (χ4n) is 1.90. The Bertz CT molecular complexity index is 496. The quantitative estimate of drug-likeness (QED) is 0.686. The van der Waals surface area contributed by atoms with Crippen molar-refractivity contribution >= 4 is 11.7 Å². The first kappa shape index (κ1) is 14.6. The van der Waals surface area contributed by atoms with Gasteiger partial charge in [-0.3, -0.25) is 0 Å². The number of ether oxygens (including phenoxy) is 2. The highest BCUT2D eigenvalue weighted by atomic mass is 19.4.